The first-order valence-corrected chi connectivity index (χ1v) is 8.31. The van der Waals surface area contributed by atoms with Gasteiger partial charge in [0.2, 0.25) is 0 Å². The molecule has 2 aromatic rings. The predicted molar refractivity (Wildman–Crippen MR) is 95.0 cm³/mol. The monoisotopic (exact) mass is 327 g/mol. The number of aryl methyl sites for hydroxylation is 1. The highest BCUT2D eigenvalue weighted by Crippen LogP contribution is 2.14. The summed E-state index contributed by atoms with van der Waals surface area (Å²) in [5.41, 5.74) is 2.29. The van der Waals surface area contributed by atoms with Gasteiger partial charge in [0, 0.05) is 6.54 Å². The molecule has 0 radical (unpaired) electrons. The van der Waals surface area contributed by atoms with E-state index in [4.69, 9.17) is 9.47 Å². The van der Waals surface area contributed by atoms with Crippen molar-refractivity contribution in [2.24, 2.45) is 0 Å². The Morgan fingerprint density at radius 3 is 2.46 bits per heavy atom. The van der Waals surface area contributed by atoms with Gasteiger partial charge < -0.3 is 14.8 Å². The maximum absolute atomic E-state index is 12.2. The van der Waals surface area contributed by atoms with Crippen molar-refractivity contribution in [3.05, 3.63) is 65.7 Å². The van der Waals surface area contributed by atoms with Crippen LogP contribution in [0.4, 0.5) is 0 Å². The van der Waals surface area contributed by atoms with Crippen molar-refractivity contribution < 1.29 is 14.3 Å². The van der Waals surface area contributed by atoms with Gasteiger partial charge in [-0.3, -0.25) is 4.79 Å². The molecule has 24 heavy (non-hydrogen) atoms. The second kappa shape index (κ2) is 9.73. The lowest BCUT2D eigenvalue weighted by Gasteiger charge is -2.17. The lowest BCUT2D eigenvalue weighted by molar-refractivity contribution is -0.128. The van der Waals surface area contributed by atoms with Gasteiger partial charge in [-0.15, -0.1) is 0 Å². The fourth-order valence-electron chi connectivity index (χ4n) is 2.23. The minimum atomic E-state index is -0.484. The number of rotatable bonds is 9. The van der Waals surface area contributed by atoms with Gasteiger partial charge >= 0.3 is 0 Å². The normalized spacial score (nSPS) is 11.8. The smallest absolute Gasteiger partial charge is 0.261 e. The third-order valence-electron chi connectivity index (χ3n) is 3.62. The highest BCUT2D eigenvalue weighted by Gasteiger charge is 2.17. The maximum Gasteiger partial charge on any atom is 0.261 e. The molecule has 0 aliphatic heterocycles. The Morgan fingerprint density at radius 2 is 1.79 bits per heavy atom. The second-order valence-corrected chi connectivity index (χ2v) is 5.66. The van der Waals surface area contributed by atoms with E-state index in [1.807, 2.05) is 68.4 Å². The highest BCUT2D eigenvalue weighted by molar-refractivity contribution is 5.81. The van der Waals surface area contributed by atoms with E-state index in [0.717, 1.165) is 11.1 Å². The number of hydrogen-bond donors (Lipinski definition) is 1. The van der Waals surface area contributed by atoms with E-state index >= 15 is 0 Å². The standard InChI is InChI=1S/C20H25NO3/c1-3-19(24-18-11-9-16(2)10-12-18)20(22)21-13-14-23-15-17-7-5-4-6-8-17/h4-12,19H,3,13-15H2,1-2H3,(H,21,22)/t19-/m1/s1. The number of nitrogens with one attached hydrogen (secondary N) is 1. The first-order valence-electron chi connectivity index (χ1n) is 8.31. The quantitative estimate of drug-likeness (QED) is 0.717. The van der Waals surface area contributed by atoms with Gasteiger partial charge in [-0.2, -0.15) is 0 Å². The number of benzene rings is 2. The van der Waals surface area contributed by atoms with Gasteiger partial charge in [0.1, 0.15) is 5.75 Å². The van der Waals surface area contributed by atoms with Crippen LogP contribution in [0.15, 0.2) is 54.6 Å². The van der Waals surface area contributed by atoms with Crippen molar-refractivity contribution in [2.75, 3.05) is 13.2 Å². The molecule has 1 atom stereocenters. The van der Waals surface area contributed by atoms with Crippen LogP contribution in [0, 0.1) is 6.92 Å². The predicted octanol–water partition coefficient (Wildman–Crippen LogP) is 3.49. The summed E-state index contributed by atoms with van der Waals surface area (Å²) in [5.74, 6) is 0.601. The van der Waals surface area contributed by atoms with Crippen LogP contribution in [0.5, 0.6) is 5.75 Å². The number of amides is 1. The summed E-state index contributed by atoms with van der Waals surface area (Å²) in [6.07, 6.45) is 0.131. The molecule has 0 bridgehead atoms. The van der Waals surface area contributed by atoms with Crippen molar-refractivity contribution in [3.63, 3.8) is 0 Å². The zero-order chi connectivity index (χ0) is 17.2. The molecule has 1 N–H and O–H groups in total. The molecule has 4 nitrogen and oxygen atoms in total. The Morgan fingerprint density at radius 1 is 1.08 bits per heavy atom. The van der Waals surface area contributed by atoms with Crippen LogP contribution in [0.3, 0.4) is 0 Å². The molecule has 0 unspecified atom stereocenters. The fourth-order valence-corrected chi connectivity index (χ4v) is 2.23. The molecular formula is C20H25NO3. The lowest BCUT2D eigenvalue weighted by atomic mass is 10.2. The van der Waals surface area contributed by atoms with Crippen LogP contribution in [-0.2, 0) is 16.1 Å². The number of carbonyl (C=O) groups is 1. The molecule has 0 fully saturated rings. The summed E-state index contributed by atoms with van der Waals surface area (Å²) in [6.45, 7) is 5.45. The van der Waals surface area contributed by atoms with Crippen LogP contribution in [0.25, 0.3) is 0 Å². The van der Waals surface area contributed by atoms with Crippen LogP contribution in [0.1, 0.15) is 24.5 Å². The fraction of sp³-hybridized carbons (Fsp3) is 0.350. The van der Waals surface area contributed by atoms with Crippen LogP contribution < -0.4 is 10.1 Å². The summed E-state index contributed by atoms with van der Waals surface area (Å²) < 4.78 is 11.3. The van der Waals surface area contributed by atoms with Crippen LogP contribution >= 0.6 is 0 Å². The number of hydrogen-bond acceptors (Lipinski definition) is 3. The number of ether oxygens (including phenoxy) is 2. The SMILES string of the molecule is CC[C@@H](Oc1ccc(C)cc1)C(=O)NCCOCc1ccccc1. The minimum absolute atomic E-state index is 0.110. The zero-order valence-corrected chi connectivity index (χ0v) is 14.3. The summed E-state index contributed by atoms with van der Waals surface area (Å²) >= 11 is 0. The molecule has 0 heterocycles. The molecule has 0 aliphatic rings. The molecule has 0 saturated heterocycles. The molecule has 0 spiro atoms. The third-order valence-corrected chi connectivity index (χ3v) is 3.62. The van der Waals surface area contributed by atoms with Crippen LogP contribution in [-0.4, -0.2) is 25.2 Å². The van der Waals surface area contributed by atoms with Crippen molar-refractivity contribution in [2.45, 2.75) is 33.0 Å². The molecule has 0 aromatic heterocycles. The van der Waals surface area contributed by atoms with Crippen molar-refractivity contribution in [3.8, 4) is 5.75 Å². The average molecular weight is 327 g/mol. The summed E-state index contributed by atoms with van der Waals surface area (Å²) in [7, 11) is 0. The summed E-state index contributed by atoms with van der Waals surface area (Å²) in [4.78, 5) is 12.2. The molecule has 0 saturated carbocycles. The van der Waals surface area contributed by atoms with Crippen molar-refractivity contribution in [1.82, 2.24) is 5.32 Å². The van der Waals surface area contributed by atoms with Crippen LogP contribution in [0.2, 0.25) is 0 Å². The topological polar surface area (TPSA) is 47.6 Å². The van der Waals surface area contributed by atoms with Crippen molar-refractivity contribution in [1.29, 1.82) is 0 Å². The van der Waals surface area contributed by atoms with E-state index in [-0.39, 0.29) is 5.91 Å². The first kappa shape index (κ1) is 18.0. The largest absolute Gasteiger partial charge is 0.481 e. The molecule has 128 valence electrons. The van der Waals surface area contributed by atoms with Gasteiger partial charge in [0.15, 0.2) is 6.10 Å². The Bertz CT molecular complexity index is 611. The van der Waals surface area contributed by atoms with E-state index in [9.17, 15) is 4.79 Å². The molecule has 1 amide bonds. The third kappa shape index (κ3) is 6.05. The molecular weight excluding hydrogens is 302 g/mol. The Hall–Kier alpha value is -2.33. The molecule has 2 rings (SSSR count). The molecule has 0 aliphatic carbocycles. The van der Waals surface area contributed by atoms with E-state index < -0.39 is 6.10 Å². The lowest BCUT2D eigenvalue weighted by Crippen LogP contribution is -2.39. The minimum Gasteiger partial charge on any atom is -0.481 e. The Balaban J connectivity index is 1.68. The highest BCUT2D eigenvalue weighted by atomic mass is 16.5. The van der Waals surface area contributed by atoms with Gasteiger partial charge in [-0.05, 0) is 31.0 Å². The number of carbonyl (C=O) groups excluding carboxylic acids is 1. The van der Waals surface area contributed by atoms with E-state index in [0.29, 0.717) is 31.9 Å². The van der Waals surface area contributed by atoms with E-state index in [2.05, 4.69) is 5.32 Å². The summed E-state index contributed by atoms with van der Waals surface area (Å²) in [5, 5.41) is 2.86. The molecule has 2 aromatic carbocycles. The first-order chi connectivity index (χ1) is 11.7. The maximum atomic E-state index is 12.2. The summed E-state index contributed by atoms with van der Waals surface area (Å²) in [6, 6.07) is 17.7. The second-order valence-electron chi connectivity index (χ2n) is 5.66. The van der Waals surface area contributed by atoms with Gasteiger partial charge in [-0.25, -0.2) is 0 Å². The zero-order valence-electron chi connectivity index (χ0n) is 14.3. The molecule has 4 heteroatoms. The van der Waals surface area contributed by atoms with E-state index in [1.54, 1.807) is 0 Å². The van der Waals surface area contributed by atoms with Gasteiger partial charge in [0.05, 0.1) is 13.2 Å². The average Bonchev–Trinajstić information content (AvgIpc) is 2.61. The van der Waals surface area contributed by atoms with E-state index in [1.165, 1.54) is 0 Å². The van der Waals surface area contributed by atoms with Gasteiger partial charge in [-0.1, -0.05) is 55.0 Å². The Kier molecular flexibility index (Phi) is 7.30. The van der Waals surface area contributed by atoms with Crippen molar-refractivity contribution >= 4 is 5.91 Å². The van der Waals surface area contributed by atoms with Gasteiger partial charge in [0.25, 0.3) is 5.91 Å². The Labute approximate surface area is 143 Å².